The van der Waals surface area contributed by atoms with E-state index in [1.807, 2.05) is 19.2 Å². The first-order valence-electron chi connectivity index (χ1n) is 8.46. The molecule has 0 aliphatic heterocycles. The molecule has 0 unspecified atom stereocenters. The number of thiazole rings is 1. The molecule has 0 saturated carbocycles. The van der Waals surface area contributed by atoms with Crippen LogP contribution in [0.2, 0.25) is 0 Å². The third-order valence-electron chi connectivity index (χ3n) is 3.94. The fourth-order valence-electron chi connectivity index (χ4n) is 2.49. The lowest BCUT2D eigenvalue weighted by Gasteiger charge is -2.00. The molecule has 0 saturated heterocycles. The third-order valence-corrected chi connectivity index (χ3v) is 5.03. The topological polar surface area (TPSA) is 51.2 Å². The largest absolute Gasteiger partial charge is 0.497 e. The molecule has 136 valence electrons. The van der Waals surface area contributed by atoms with Crippen LogP contribution in [0, 0.1) is 0 Å². The van der Waals surface area contributed by atoms with Gasteiger partial charge in [0.05, 0.1) is 17.3 Å². The van der Waals surface area contributed by atoms with Crippen molar-refractivity contribution in [1.82, 2.24) is 4.98 Å². The van der Waals surface area contributed by atoms with Crippen molar-refractivity contribution < 1.29 is 9.53 Å². The lowest BCUT2D eigenvalue weighted by atomic mass is 10.2. The molecule has 1 N–H and O–H groups in total. The highest BCUT2D eigenvalue weighted by Gasteiger charge is 2.05. The Morgan fingerprint density at radius 2 is 1.78 bits per heavy atom. The van der Waals surface area contributed by atoms with Gasteiger partial charge in [0, 0.05) is 23.9 Å². The zero-order valence-corrected chi connectivity index (χ0v) is 16.0. The maximum Gasteiger partial charge on any atom is 0.150 e. The number of carbonyl (C=O) groups is 1. The summed E-state index contributed by atoms with van der Waals surface area (Å²) in [6.45, 7) is 0. The monoisotopic (exact) mass is 376 g/mol. The number of nitrogens with zero attached hydrogens (tertiary/aromatic N) is 1. The number of hydrogen-bond donors (Lipinski definition) is 1. The normalized spacial score (nSPS) is 10.0. The Kier molecular flexibility index (Phi) is 6.18. The number of carbonyl (C=O) groups excluding carboxylic acids is 1. The van der Waals surface area contributed by atoms with Crippen LogP contribution in [0.1, 0.15) is 10.4 Å². The Hall–Kier alpha value is -3.18. The van der Waals surface area contributed by atoms with Crippen LogP contribution in [-0.4, -0.2) is 25.4 Å². The average Bonchev–Trinajstić information content (AvgIpc) is 3.18. The highest BCUT2D eigenvalue weighted by molar-refractivity contribution is 7.21. The van der Waals surface area contributed by atoms with Crippen molar-refractivity contribution in [3.8, 4) is 16.3 Å². The van der Waals surface area contributed by atoms with Crippen molar-refractivity contribution in [1.29, 1.82) is 0 Å². The molecule has 27 heavy (non-hydrogen) atoms. The number of benzene rings is 3. The minimum absolute atomic E-state index is 0.638. The number of para-hydroxylation sites is 1. The number of nitrogens with one attached hydrogen (secondary N) is 1. The van der Waals surface area contributed by atoms with Gasteiger partial charge in [0.1, 0.15) is 17.0 Å². The van der Waals surface area contributed by atoms with E-state index in [0.717, 1.165) is 22.5 Å². The molecule has 4 rings (SSSR count). The molecule has 0 spiro atoms. The van der Waals surface area contributed by atoms with Gasteiger partial charge in [-0.05, 0) is 48.5 Å². The SMILES string of the molecule is CNc1ccc(-c2nc3ccccc3s2)cc1.COc1cccc(C=O)c1. The van der Waals surface area contributed by atoms with Crippen LogP contribution in [-0.2, 0) is 0 Å². The fraction of sp³-hybridized carbons (Fsp3) is 0.0909. The minimum atomic E-state index is 0.638. The second-order valence-corrected chi connectivity index (χ2v) is 6.74. The average molecular weight is 376 g/mol. The van der Waals surface area contributed by atoms with E-state index in [1.165, 1.54) is 10.3 Å². The van der Waals surface area contributed by atoms with Gasteiger partial charge in [-0.1, -0.05) is 24.3 Å². The number of aldehydes is 1. The van der Waals surface area contributed by atoms with Gasteiger partial charge >= 0.3 is 0 Å². The molecule has 0 bridgehead atoms. The zero-order valence-electron chi connectivity index (χ0n) is 15.2. The Labute approximate surface area is 162 Å². The number of ether oxygens (including phenoxy) is 1. The second kappa shape index (κ2) is 8.96. The molecule has 3 aromatic carbocycles. The number of fused-ring (bicyclic) bond motifs is 1. The first kappa shape index (κ1) is 18.6. The fourth-order valence-corrected chi connectivity index (χ4v) is 3.46. The van der Waals surface area contributed by atoms with E-state index in [4.69, 9.17) is 4.74 Å². The molecule has 1 aromatic heterocycles. The van der Waals surface area contributed by atoms with Crippen molar-refractivity contribution >= 4 is 33.5 Å². The predicted molar refractivity (Wildman–Crippen MR) is 113 cm³/mol. The van der Waals surface area contributed by atoms with Crippen molar-refractivity contribution in [2.45, 2.75) is 0 Å². The summed E-state index contributed by atoms with van der Waals surface area (Å²) in [7, 11) is 3.50. The van der Waals surface area contributed by atoms with Gasteiger partial charge in [0.25, 0.3) is 0 Å². The summed E-state index contributed by atoms with van der Waals surface area (Å²) < 4.78 is 6.13. The quantitative estimate of drug-likeness (QED) is 0.477. The first-order valence-corrected chi connectivity index (χ1v) is 9.28. The number of hydrogen-bond acceptors (Lipinski definition) is 5. The van der Waals surface area contributed by atoms with Crippen LogP contribution in [0.4, 0.5) is 5.69 Å². The van der Waals surface area contributed by atoms with E-state index in [0.29, 0.717) is 11.3 Å². The van der Waals surface area contributed by atoms with E-state index in [1.54, 1.807) is 42.7 Å². The highest BCUT2D eigenvalue weighted by Crippen LogP contribution is 2.30. The molecular weight excluding hydrogens is 356 g/mol. The van der Waals surface area contributed by atoms with E-state index >= 15 is 0 Å². The number of rotatable bonds is 4. The molecule has 0 amide bonds. The van der Waals surface area contributed by atoms with Crippen LogP contribution < -0.4 is 10.1 Å². The summed E-state index contributed by atoms with van der Waals surface area (Å²) in [4.78, 5) is 14.9. The Morgan fingerprint density at radius 3 is 2.44 bits per heavy atom. The van der Waals surface area contributed by atoms with Crippen LogP contribution >= 0.6 is 11.3 Å². The molecule has 0 aliphatic carbocycles. The van der Waals surface area contributed by atoms with Gasteiger partial charge in [-0.25, -0.2) is 4.98 Å². The second-order valence-electron chi connectivity index (χ2n) is 5.71. The third kappa shape index (κ3) is 4.71. The van der Waals surface area contributed by atoms with Crippen molar-refractivity contribution in [3.63, 3.8) is 0 Å². The molecule has 1 heterocycles. The van der Waals surface area contributed by atoms with Gasteiger partial charge in [0.2, 0.25) is 0 Å². The minimum Gasteiger partial charge on any atom is -0.497 e. The maximum absolute atomic E-state index is 10.2. The smallest absolute Gasteiger partial charge is 0.150 e. The Bertz CT molecular complexity index is 993. The van der Waals surface area contributed by atoms with Crippen LogP contribution in [0.15, 0.2) is 72.8 Å². The summed E-state index contributed by atoms with van der Waals surface area (Å²) in [5, 5.41) is 4.19. The van der Waals surface area contributed by atoms with E-state index in [-0.39, 0.29) is 0 Å². The summed E-state index contributed by atoms with van der Waals surface area (Å²) >= 11 is 1.73. The van der Waals surface area contributed by atoms with Gasteiger partial charge in [-0.15, -0.1) is 11.3 Å². The van der Waals surface area contributed by atoms with Crippen LogP contribution in [0.3, 0.4) is 0 Å². The molecule has 0 atom stereocenters. The van der Waals surface area contributed by atoms with E-state index in [9.17, 15) is 4.79 Å². The van der Waals surface area contributed by atoms with Gasteiger partial charge < -0.3 is 10.1 Å². The first-order chi connectivity index (χ1) is 13.2. The van der Waals surface area contributed by atoms with Gasteiger partial charge in [0.15, 0.2) is 0 Å². The Morgan fingerprint density at radius 1 is 1.00 bits per heavy atom. The molecule has 0 aliphatic rings. The molecule has 4 aromatic rings. The molecule has 0 radical (unpaired) electrons. The maximum atomic E-state index is 10.2. The summed E-state index contributed by atoms with van der Waals surface area (Å²) in [5.74, 6) is 0.713. The number of aromatic nitrogens is 1. The van der Waals surface area contributed by atoms with Crippen molar-refractivity contribution in [2.24, 2.45) is 0 Å². The molecular formula is C22H20N2O2S. The van der Waals surface area contributed by atoms with Gasteiger partial charge in [-0.3, -0.25) is 4.79 Å². The lowest BCUT2D eigenvalue weighted by Crippen LogP contribution is -1.86. The van der Waals surface area contributed by atoms with E-state index < -0.39 is 0 Å². The summed E-state index contributed by atoms with van der Waals surface area (Å²) in [6.07, 6.45) is 0.794. The molecule has 5 heteroatoms. The standard InChI is InChI=1S/C14H12N2S.C8H8O2/c1-15-11-8-6-10(7-9-11)14-16-12-4-2-3-5-13(12)17-14;1-10-8-4-2-3-7(5-8)6-9/h2-9,15H,1H3;2-6H,1H3. The lowest BCUT2D eigenvalue weighted by molar-refractivity contribution is 0.112. The zero-order chi connectivity index (χ0) is 19.1. The summed E-state index contributed by atoms with van der Waals surface area (Å²) in [6, 6.07) is 23.6. The van der Waals surface area contributed by atoms with Crippen molar-refractivity contribution in [2.75, 3.05) is 19.5 Å². The van der Waals surface area contributed by atoms with Crippen molar-refractivity contribution in [3.05, 3.63) is 78.4 Å². The predicted octanol–water partition coefficient (Wildman–Crippen LogP) is 5.51. The van der Waals surface area contributed by atoms with Crippen LogP contribution in [0.25, 0.3) is 20.8 Å². The number of anilines is 1. The molecule has 4 nitrogen and oxygen atoms in total. The highest BCUT2D eigenvalue weighted by atomic mass is 32.1. The van der Waals surface area contributed by atoms with Crippen LogP contribution in [0.5, 0.6) is 5.75 Å². The molecule has 0 fully saturated rings. The summed E-state index contributed by atoms with van der Waals surface area (Å²) in [5.41, 5.74) is 4.00. The Balaban J connectivity index is 0.000000180. The van der Waals surface area contributed by atoms with E-state index in [2.05, 4.69) is 46.7 Å². The number of methoxy groups -OCH3 is 1. The van der Waals surface area contributed by atoms with Gasteiger partial charge in [-0.2, -0.15) is 0 Å².